The van der Waals surface area contributed by atoms with Crippen molar-refractivity contribution in [3.8, 4) is 0 Å². The fraction of sp³-hybridized carbons (Fsp3) is 0.235. The van der Waals surface area contributed by atoms with Crippen LogP contribution < -0.4 is 5.32 Å². The molecule has 0 saturated carbocycles. The molecule has 0 fully saturated rings. The molecule has 0 aliphatic carbocycles. The molecule has 0 bridgehead atoms. The van der Waals surface area contributed by atoms with Gasteiger partial charge in [-0.2, -0.15) is 5.10 Å². The average Bonchev–Trinajstić information content (AvgIpc) is 3.02. The van der Waals surface area contributed by atoms with E-state index in [1.165, 1.54) is 18.4 Å². The van der Waals surface area contributed by atoms with Gasteiger partial charge in [-0.3, -0.25) is 5.10 Å². The molecule has 0 radical (unpaired) electrons. The molecule has 1 atom stereocenters. The predicted molar refractivity (Wildman–Crippen MR) is 95.4 cm³/mol. The highest BCUT2D eigenvalue weighted by atomic mass is 32.2. The van der Waals surface area contributed by atoms with E-state index in [2.05, 4.69) is 15.5 Å². The van der Waals surface area contributed by atoms with Crippen LogP contribution in [0.4, 0.5) is 5.69 Å². The third-order valence-corrected chi connectivity index (χ3v) is 5.77. The van der Waals surface area contributed by atoms with Crippen molar-refractivity contribution in [3.63, 3.8) is 0 Å². The van der Waals surface area contributed by atoms with E-state index in [1.807, 2.05) is 31.2 Å². The summed E-state index contributed by atoms with van der Waals surface area (Å²) in [5, 5.41) is 11.4. The third kappa shape index (κ3) is 3.13. The zero-order valence-corrected chi connectivity index (χ0v) is 14.6. The smallest absolute Gasteiger partial charge is 0.242 e. The predicted octanol–water partition coefficient (Wildman–Crippen LogP) is 2.99. The van der Waals surface area contributed by atoms with Crippen LogP contribution in [0.2, 0.25) is 0 Å². The van der Waals surface area contributed by atoms with E-state index < -0.39 is 10.0 Å². The maximum Gasteiger partial charge on any atom is 0.242 e. The molecule has 6 nitrogen and oxygen atoms in total. The van der Waals surface area contributed by atoms with E-state index >= 15 is 0 Å². The molecule has 0 saturated heterocycles. The summed E-state index contributed by atoms with van der Waals surface area (Å²) >= 11 is 0. The van der Waals surface area contributed by atoms with E-state index in [-0.39, 0.29) is 6.04 Å². The highest BCUT2D eigenvalue weighted by Crippen LogP contribution is 2.24. The molecule has 2 aromatic carbocycles. The first-order valence-electron chi connectivity index (χ1n) is 7.60. The molecule has 7 heteroatoms. The minimum Gasteiger partial charge on any atom is -0.379 e. The fourth-order valence-electron chi connectivity index (χ4n) is 2.52. The molecule has 2 N–H and O–H groups in total. The molecule has 1 heterocycles. The molecule has 0 spiro atoms. The average molecular weight is 344 g/mol. The normalized spacial score (nSPS) is 13.3. The molecular formula is C17H20N4O2S. The number of aromatic amines is 1. The van der Waals surface area contributed by atoms with Crippen molar-refractivity contribution in [2.24, 2.45) is 0 Å². The van der Waals surface area contributed by atoms with Crippen LogP contribution in [0, 0.1) is 0 Å². The number of nitrogens with one attached hydrogen (secondary N) is 2. The van der Waals surface area contributed by atoms with Gasteiger partial charge < -0.3 is 5.32 Å². The first-order chi connectivity index (χ1) is 11.4. The van der Waals surface area contributed by atoms with Crippen LogP contribution in [-0.2, 0) is 10.0 Å². The van der Waals surface area contributed by atoms with Crippen molar-refractivity contribution in [2.45, 2.75) is 17.9 Å². The maximum absolute atomic E-state index is 12.3. The number of aromatic nitrogens is 2. The summed E-state index contributed by atoms with van der Waals surface area (Å²) in [6.07, 6.45) is 1.77. The van der Waals surface area contributed by atoms with Crippen LogP contribution in [-0.4, -0.2) is 37.0 Å². The fourth-order valence-corrected chi connectivity index (χ4v) is 3.48. The SMILES string of the molecule is C[C@@H](Nc1ccc2[nH]ncc2c1)c1cccc(S(=O)(=O)N(C)C)c1. The summed E-state index contributed by atoms with van der Waals surface area (Å²) in [4.78, 5) is 0.295. The topological polar surface area (TPSA) is 78.1 Å². The number of H-pyrrole nitrogens is 1. The Morgan fingerprint density at radius 2 is 1.96 bits per heavy atom. The standard InChI is InChI=1S/C17H20N4O2S/c1-12(19-15-7-8-17-14(9-15)11-18-20-17)13-5-4-6-16(10-13)24(22,23)21(2)3/h4-12,19H,1-3H3,(H,18,20)/t12-/m1/s1. The van der Waals surface area contributed by atoms with Gasteiger partial charge in [0.2, 0.25) is 10.0 Å². The minimum absolute atomic E-state index is 0.0355. The molecule has 0 amide bonds. The highest BCUT2D eigenvalue weighted by Gasteiger charge is 2.18. The number of fused-ring (bicyclic) bond motifs is 1. The van der Waals surface area contributed by atoms with E-state index in [4.69, 9.17) is 0 Å². The van der Waals surface area contributed by atoms with E-state index in [1.54, 1.807) is 24.4 Å². The van der Waals surface area contributed by atoms with Crippen LogP contribution in [0.5, 0.6) is 0 Å². The van der Waals surface area contributed by atoms with Crippen LogP contribution in [0.3, 0.4) is 0 Å². The van der Waals surface area contributed by atoms with Gasteiger partial charge >= 0.3 is 0 Å². The van der Waals surface area contributed by atoms with Gasteiger partial charge in [0.15, 0.2) is 0 Å². The van der Waals surface area contributed by atoms with E-state index in [0.717, 1.165) is 22.2 Å². The molecule has 0 aliphatic heterocycles. The summed E-state index contributed by atoms with van der Waals surface area (Å²) in [6, 6.07) is 12.9. The van der Waals surface area contributed by atoms with Crippen LogP contribution in [0.1, 0.15) is 18.5 Å². The molecular weight excluding hydrogens is 324 g/mol. The van der Waals surface area contributed by atoms with Gasteiger partial charge in [0.05, 0.1) is 16.6 Å². The van der Waals surface area contributed by atoms with Gasteiger partial charge in [0, 0.05) is 31.2 Å². The lowest BCUT2D eigenvalue weighted by Crippen LogP contribution is -2.22. The second kappa shape index (κ2) is 6.26. The third-order valence-electron chi connectivity index (χ3n) is 3.96. The van der Waals surface area contributed by atoms with Crippen LogP contribution in [0.15, 0.2) is 53.6 Å². The van der Waals surface area contributed by atoms with Gasteiger partial charge in [0.1, 0.15) is 0 Å². The van der Waals surface area contributed by atoms with Crippen molar-refractivity contribution in [1.29, 1.82) is 0 Å². The van der Waals surface area contributed by atoms with Gasteiger partial charge in [-0.1, -0.05) is 12.1 Å². The Balaban J connectivity index is 1.86. The van der Waals surface area contributed by atoms with Crippen molar-refractivity contribution >= 4 is 26.6 Å². The Kier molecular flexibility index (Phi) is 4.29. The van der Waals surface area contributed by atoms with Crippen molar-refractivity contribution in [1.82, 2.24) is 14.5 Å². The summed E-state index contributed by atoms with van der Waals surface area (Å²) in [5.74, 6) is 0. The molecule has 24 heavy (non-hydrogen) atoms. The maximum atomic E-state index is 12.3. The molecule has 3 rings (SSSR count). The lowest BCUT2D eigenvalue weighted by Gasteiger charge is -2.18. The largest absolute Gasteiger partial charge is 0.379 e. The number of anilines is 1. The zero-order chi connectivity index (χ0) is 17.3. The minimum atomic E-state index is -3.43. The summed E-state index contributed by atoms with van der Waals surface area (Å²) in [6.45, 7) is 2.00. The summed E-state index contributed by atoms with van der Waals surface area (Å²) < 4.78 is 25.8. The van der Waals surface area contributed by atoms with E-state index in [0.29, 0.717) is 4.90 Å². The Morgan fingerprint density at radius 3 is 2.71 bits per heavy atom. The quantitative estimate of drug-likeness (QED) is 0.746. The van der Waals surface area contributed by atoms with Crippen LogP contribution >= 0.6 is 0 Å². The van der Waals surface area contributed by atoms with Gasteiger partial charge in [-0.15, -0.1) is 0 Å². The Morgan fingerprint density at radius 1 is 1.17 bits per heavy atom. The number of benzene rings is 2. The Hall–Kier alpha value is -2.38. The number of sulfonamides is 1. The van der Waals surface area contributed by atoms with Crippen molar-refractivity contribution < 1.29 is 8.42 Å². The molecule has 0 unspecified atom stereocenters. The number of nitrogens with zero attached hydrogens (tertiary/aromatic N) is 2. The Bertz CT molecular complexity index is 963. The van der Waals surface area contributed by atoms with Gasteiger partial charge in [-0.05, 0) is 42.8 Å². The molecule has 1 aromatic heterocycles. The number of rotatable bonds is 5. The van der Waals surface area contributed by atoms with Crippen molar-refractivity contribution in [3.05, 3.63) is 54.2 Å². The molecule has 0 aliphatic rings. The first-order valence-corrected chi connectivity index (χ1v) is 9.04. The second-order valence-electron chi connectivity index (χ2n) is 5.90. The van der Waals surface area contributed by atoms with E-state index in [9.17, 15) is 8.42 Å². The lowest BCUT2D eigenvalue weighted by molar-refractivity contribution is 0.520. The number of hydrogen-bond acceptors (Lipinski definition) is 4. The second-order valence-corrected chi connectivity index (χ2v) is 8.05. The highest BCUT2D eigenvalue weighted by molar-refractivity contribution is 7.89. The summed E-state index contributed by atoms with van der Waals surface area (Å²) in [7, 11) is -0.371. The van der Waals surface area contributed by atoms with Crippen LogP contribution in [0.25, 0.3) is 10.9 Å². The Labute approximate surface area is 141 Å². The first kappa shape index (κ1) is 16.5. The monoisotopic (exact) mass is 344 g/mol. The molecule has 126 valence electrons. The zero-order valence-electron chi connectivity index (χ0n) is 13.8. The van der Waals surface area contributed by atoms with Crippen molar-refractivity contribution in [2.75, 3.05) is 19.4 Å². The molecule has 3 aromatic rings. The number of hydrogen-bond donors (Lipinski definition) is 2. The lowest BCUT2D eigenvalue weighted by atomic mass is 10.1. The van der Waals surface area contributed by atoms with Gasteiger partial charge in [-0.25, -0.2) is 12.7 Å². The van der Waals surface area contributed by atoms with Gasteiger partial charge in [0.25, 0.3) is 0 Å². The summed E-state index contributed by atoms with van der Waals surface area (Å²) in [5.41, 5.74) is 2.84.